The summed E-state index contributed by atoms with van der Waals surface area (Å²) in [5.41, 5.74) is 3.33. The van der Waals surface area contributed by atoms with Crippen LogP contribution in [0.3, 0.4) is 0 Å². The monoisotopic (exact) mass is 550 g/mol. The van der Waals surface area contributed by atoms with E-state index in [0.717, 1.165) is 22.3 Å². The van der Waals surface area contributed by atoms with E-state index in [-0.39, 0.29) is 18.8 Å². The van der Waals surface area contributed by atoms with Crippen molar-refractivity contribution in [3.05, 3.63) is 156 Å². The van der Waals surface area contributed by atoms with Crippen LogP contribution in [0.15, 0.2) is 134 Å². The normalized spacial score (nSPS) is 20.9. The topological polar surface area (TPSA) is 46.2 Å². The highest BCUT2D eigenvalue weighted by Gasteiger charge is 2.43. The fourth-order valence-corrected chi connectivity index (χ4v) is 5.46. The SMILES string of the molecule is C=CCO[C@@H]1C[C@H](OCc2ccccc2)[C@@H](COC(c2ccccc2)(c2ccccc2)c2ccccc2)O[C@@H]1OC. The van der Waals surface area contributed by atoms with Crippen molar-refractivity contribution < 1.29 is 23.7 Å². The van der Waals surface area contributed by atoms with Crippen LogP contribution in [0.4, 0.5) is 0 Å². The molecule has 0 unspecified atom stereocenters. The lowest BCUT2D eigenvalue weighted by molar-refractivity contribution is -0.282. The van der Waals surface area contributed by atoms with E-state index in [1.54, 1.807) is 13.2 Å². The van der Waals surface area contributed by atoms with E-state index in [9.17, 15) is 0 Å². The van der Waals surface area contributed by atoms with Gasteiger partial charge in [-0.05, 0) is 22.3 Å². The molecule has 0 aliphatic carbocycles. The summed E-state index contributed by atoms with van der Waals surface area (Å²) < 4.78 is 31.9. The van der Waals surface area contributed by atoms with Crippen LogP contribution in [0.5, 0.6) is 0 Å². The molecule has 0 saturated carbocycles. The molecular formula is C36H38O5. The van der Waals surface area contributed by atoms with Crippen LogP contribution in [0.25, 0.3) is 0 Å². The first kappa shape index (κ1) is 28.9. The van der Waals surface area contributed by atoms with E-state index in [2.05, 4.69) is 55.1 Å². The lowest BCUT2D eigenvalue weighted by Gasteiger charge is -2.42. The number of rotatable bonds is 13. The van der Waals surface area contributed by atoms with E-state index < -0.39 is 18.0 Å². The quantitative estimate of drug-likeness (QED) is 0.134. The summed E-state index contributed by atoms with van der Waals surface area (Å²) >= 11 is 0. The number of benzene rings is 4. The Morgan fingerprint density at radius 3 is 1.73 bits per heavy atom. The van der Waals surface area contributed by atoms with Gasteiger partial charge in [0.15, 0.2) is 6.29 Å². The Morgan fingerprint density at radius 2 is 1.24 bits per heavy atom. The Morgan fingerprint density at radius 1 is 0.732 bits per heavy atom. The minimum atomic E-state index is -0.865. The molecule has 0 amide bonds. The lowest BCUT2D eigenvalue weighted by atomic mass is 9.80. The Hall–Kier alpha value is -3.58. The Bertz CT molecular complexity index is 1220. The maximum atomic E-state index is 7.10. The van der Waals surface area contributed by atoms with Crippen LogP contribution in [0, 0.1) is 0 Å². The molecule has 0 bridgehead atoms. The zero-order chi connectivity index (χ0) is 28.3. The van der Waals surface area contributed by atoms with Gasteiger partial charge >= 0.3 is 0 Å². The third-order valence-corrected chi connectivity index (χ3v) is 7.46. The zero-order valence-electron chi connectivity index (χ0n) is 23.5. The Balaban J connectivity index is 1.48. The van der Waals surface area contributed by atoms with Crippen molar-refractivity contribution in [3.8, 4) is 0 Å². The van der Waals surface area contributed by atoms with Crippen molar-refractivity contribution >= 4 is 0 Å². The molecule has 1 aliphatic rings. The minimum Gasteiger partial charge on any atom is -0.371 e. The molecule has 5 nitrogen and oxygen atoms in total. The Kier molecular flexibility index (Phi) is 10.1. The predicted octanol–water partition coefficient (Wildman–Crippen LogP) is 6.91. The summed E-state index contributed by atoms with van der Waals surface area (Å²) in [7, 11) is 1.64. The highest BCUT2D eigenvalue weighted by Crippen LogP contribution is 2.41. The first-order chi connectivity index (χ1) is 20.2. The second-order valence-corrected chi connectivity index (χ2v) is 10.1. The van der Waals surface area contributed by atoms with Crippen LogP contribution < -0.4 is 0 Å². The van der Waals surface area contributed by atoms with Gasteiger partial charge < -0.3 is 23.7 Å². The molecule has 41 heavy (non-hydrogen) atoms. The summed E-state index contributed by atoms with van der Waals surface area (Å²) in [4.78, 5) is 0. The smallest absolute Gasteiger partial charge is 0.184 e. The molecule has 0 aromatic heterocycles. The summed E-state index contributed by atoms with van der Waals surface area (Å²) in [5, 5.41) is 0. The van der Waals surface area contributed by atoms with Gasteiger partial charge in [0.25, 0.3) is 0 Å². The average Bonchev–Trinajstić information content (AvgIpc) is 3.05. The van der Waals surface area contributed by atoms with Gasteiger partial charge in [0.1, 0.15) is 17.8 Å². The molecule has 4 atom stereocenters. The summed E-state index contributed by atoms with van der Waals surface area (Å²) in [6.07, 6.45) is 0.800. The van der Waals surface area contributed by atoms with Crippen molar-refractivity contribution in [3.63, 3.8) is 0 Å². The number of methoxy groups -OCH3 is 1. The summed E-state index contributed by atoms with van der Waals surface area (Å²) in [6.45, 7) is 4.92. The molecule has 1 saturated heterocycles. The van der Waals surface area contributed by atoms with Crippen LogP contribution in [-0.4, -0.2) is 44.9 Å². The Labute approximate surface area is 243 Å². The molecule has 0 spiro atoms. The lowest BCUT2D eigenvalue weighted by Crippen LogP contribution is -2.52. The molecule has 212 valence electrons. The van der Waals surface area contributed by atoms with Crippen molar-refractivity contribution in [2.45, 2.75) is 43.2 Å². The van der Waals surface area contributed by atoms with Crippen molar-refractivity contribution in [1.29, 1.82) is 0 Å². The van der Waals surface area contributed by atoms with E-state index in [0.29, 0.717) is 19.6 Å². The standard InChI is InChI=1S/C36H38O5/c1-3-24-38-33-25-32(39-26-28-16-8-4-9-17-28)34(41-35(33)37-2)27-40-36(29-18-10-5-11-19-29,30-20-12-6-13-21-30)31-22-14-7-15-23-31/h3-23,32-35H,1,24-27H2,2H3/t32-,33+,34+,35-/m0/s1. The summed E-state index contributed by atoms with van der Waals surface area (Å²) in [5.74, 6) is 0. The van der Waals surface area contributed by atoms with E-state index in [1.165, 1.54) is 0 Å². The molecule has 5 heteroatoms. The average molecular weight is 551 g/mol. The van der Waals surface area contributed by atoms with Gasteiger partial charge in [-0.25, -0.2) is 0 Å². The van der Waals surface area contributed by atoms with Gasteiger partial charge in [-0.3, -0.25) is 0 Å². The van der Waals surface area contributed by atoms with E-state index >= 15 is 0 Å². The molecule has 1 fully saturated rings. The molecule has 4 aromatic carbocycles. The first-order valence-corrected chi connectivity index (χ1v) is 14.1. The van der Waals surface area contributed by atoms with Gasteiger partial charge in [-0.15, -0.1) is 6.58 Å². The van der Waals surface area contributed by atoms with Crippen LogP contribution in [-0.2, 0) is 35.9 Å². The van der Waals surface area contributed by atoms with Gasteiger partial charge in [-0.2, -0.15) is 0 Å². The number of ether oxygens (including phenoxy) is 5. The maximum Gasteiger partial charge on any atom is 0.184 e. The minimum absolute atomic E-state index is 0.270. The predicted molar refractivity (Wildman–Crippen MR) is 160 cm³/mol. The first-order valence-electron chi connectivity index (χ1n) is 14.1. The fraction of sp³-hybridized carbons (Fsp3) is 0.278. The van der Waals surface area contributed by atoms with E-state index in [4.69, 9.17) is 23.7 Å². The second-order valence-electron chi connectivity index (χ2n) is 10.1. The van der Waals surface area contributed by atoms with Crippen LogP contribution in [0.2, 0.25) is 0 Å². The molecule has 5 rings (SSSR count). The van der Waals surface area contributed by atoms with Gasteiger partial charge in [0.05, 0.1) is 25.9 Å². The molecule has 1 aliphatic heterocycles. The van der Waals surface area contributed by atoms with Gasteiger partial charge in [0.2, 0.25) is 0 Å². The molecule has 0 N–H and O–H groups in total. The van der Waals surface area contributed by atoms with Crippen molar-refractivity contribution in [1.82, 2.24) is 0 Å². The number of hydrogen-bond donors (Lipinski definition) is 0. The maximum absolute atomic E-state index is 7.10. The van der Waals surface area contributed by atoms with Gasteiger partial charge in [0, 0.05) is 13.5 Å². The third-order valence-electron chi connectivity index (χ3n) is 7.46. The van der Waals surface area contributed by atoms with Crippen molar-refractivity contribution in [2.75, 3.05) is 20.3 Å². The highest BCUT2D eigenvalue weighted by atomic mass is 16.7. The largest absolute Gasteiger partial charge is 0.371 e. The number of hydrogen-bond acceptors (Lipinski definition) is 5. The molecule has 1 heterocycles. The van der Waals surface area contributed by atoms with Gasteiger partial charge in [-0.1, -0.05) is 127 Å². The fourth-order valence-electron chi connectivity index (χ4n) is 5.46. The third kappa shape index (κ3) is 6.84. The molecular weight excluding hydrogens is 512 g/mol. The zero-order valence-corrected chi connectivity index (χ0v) is 23.5. The van der Waals surface area contributed by atoms with Crippen LogP contribution >= 0.6 is 0 Å². The van der Waals surface area contributed by atoms with Crippen LogP contribution in [0.1, 0.15) is 28.7 Å². The molecule has 0 radical (unpaired) electrons. The summed E-state index contributed by atoms with van der Waals surface area (Å²) in [6, 6.07) is 41.2. The highest BCUT2D eigenvalue weighted by molar-refractivity contribution is 5.47. The van der Waals surface area contributed by atoms with E-state index in [1.807, 2.05) is 72.8 Å². The molecule has 4 aromatic rings. The second kappa shape index (κ2) is 14.4. The van der Waals surface area contributed by atoms with Crippen molar-refractivity contribution in [2.24, 2.45) is 0 Å².